The molecule has 0 unspecified atom stereocenters. The van der Waals surface area contributed by atoms with Crippen molar-refractivity contribution in [1.29, 1.82) is 0 Å². The molecule has 35 heavy (non-hydrogen) atoms. The average molecular weight is 515 g/mol. The van der Waals surface area contributed by atoms with Gasteiger partial charge in [0.2, 0.25) is 5.95 Å². The molecule has 2 aliphatic carbocycles. The van der Waals surface area contributed by atoms with Crippen LogP contribution in [0.15, 0.2) is 23.4 Å². The van der Waals surface area contributed by atoms with Crippen LogP contribution in [0.5, 0.6) is 0 Å². The van der Waals surface area contributed by atoms with Gasteiger partial charge in [0.1, 0.15) is 10.7 Å². The molecule has 1 saturated heterocycles. The molecule has 1 atom stereocenters. The van der Waals surface area contributed by atoms with Gasteiger partial charge in [0.25, 0.3) is 0 Å². The first-order chi connectivity index (χ1) is 17.0. The highest BCUT2D eigenvalue weighted by Crippen LogP contribution is 2.46. The van der Waals surface area contributed by atoms with Crippen LogP contribution in [0.3, 0.4) is 0 Å². The number of hydrogen-bond donors (Lipinski definition) is 2. The van der Waals surface area contributed by atoms with Gasteiger partial charge in [-0.2, -0.15) is 4.98 Å². The molecule has 2 aliphatic heterocycles. The fraction of sp³-hybridized carbons (Fsp3) is 0.600. The Hall–Kier alpha value is -2.10. The van der Waals surface area contributed by atoms with Gasteiger partial charge in [-0.25, -0.2) is 15.0 Å². The smallest absolute Gasteiger partial charge is 0.227 e. The summed E-state index contributed by atoms with van der Waals surface area (Å²) in [4.78, 5) is 21.6. The number of aryl methyl sites for hydroxylation is 1. The van der Waals surface area contributed by atoms with Crippen molar-refractivity contribution < 1.29 is 9.32 Å². The summed E-state index contributed by atoms with van der Waals surface area (Å²) in [6, 6.07) is 0. The van der Waals surface area contributed by atoms with Crippen LogP contribution in [0.1, 0.15) is 62.9 Å². The van der Waals surface area contributed by atoms with E-state index in [0.717, 1.165) is 93.2 Å². The normalized spacial score (nSPS) is 24.6. The van der Waals surface area contributed by atoms with Crippen LogP contribution >= 0.6 is 11.6 Å². The number of hydrogen-bond acceptors (Lipinski definition) is 8. The summed E-state index contributed by atoms with van der Waals surface area (Å²) < 4.78 is 13.1. The maximum Gasteiger partial charge on any atom is 0.227 e. The largest absolute Gasteiger partial charge is 0.394 e. The molecule has 4 aliphatic rings. The van der Waals surface area contributed by atoms with Crippen LogP contribution in [0.2, 0.25) is 5.02 Å². The molecule has 1 saturated carbocycles. The van der Waals surface area contributed by atoms with Gasteiger partial charge < -0.3 is 15.3 Å². The highest BCUT2D eigenvalue weighted by atomic mass is 35.5. The summed E-state index contributed by atoms with van der Waals surface area (Å²) in [6.45, 7) is 1.88. The van der Waals surface area contributed by atoms with Crippen molar-refractivity contribution in [2.45, 2.75) is 68.2 Å². The van der Waals surface area contributed by atoms with Crippen molar-refractivity contribution in [2.24, 2.45) is 5.41 Å². The van der Waals surface area contributed by atoms with E-state index in [1.165, 1.54) is 5.57 Å². The number of anilines is 2. The zero-order chi connectivity index (χ0) is 24.0. The molecular weight excluding hydrogens is 484 g/mol. The molecule has 186 valence electrons. The molecule has 2 aromatic heterocycles. The lowest BCUT2D eigenvalue weighted by molar-refractivity contribution is 0.143. The number of fused-ring (bicyclic) bond motifs is 1. The molecule has 1 spiro atoms. The maximum absolute atomic E-state index is 13.1. The van der Waals surface area contributed by atoms with E-state index in [9.17, 15) is 9.32 Å². The molecule has 0 radical (unpaired) electrons. The standard InChI is InChI=1S/C25H31ClN6O2S/c26-18-12-27-21(28-13-18)17-5-9-24(10-6-17)14-32(15-24)23-29-19-4-1-2-11-35(34)20(19)22(30-23)31-25(16-33)7-3-8-25/h5,12-13,33H,1-4,6-11,14-16H2,(H,29,30,31)/t35-/m1/s1. The molecule has 10 heteroatoms. The Balaban J connectivity index is 1.22. The van der Waals surface area contributed by atoms with E-state index in [-0.39, 0.29) is 17.6 Å². The maximum atomic E-state index is 13.1. The zero-order valence-electron chi connectivity index (χ0n) is 19.8. The topological polar surface area (TPSA) is 104 Å². The second-order valence-electron chi connectivity index (χ2n) is 10.6. The molecule has 0 bridgehead atoms. The van der Waals surface area contributed by atoms with Gasteiger partial charge in [-0.1, -0.05) is 17.7 Å². The number of nitrogens with zero attached hydrogens (tertiary/aromatic N) is 5. The molecule has 0 aromatic carbocycles. The van der Waals surface area contributed by atoms with Gasteiger partial charge in [-0.3, -0.25) is 4.21 Å². The van der Waals surface area contributed by atoms with Crippen LogP contribution < -0.4 is 10.2 Å². The Morgan fingerprint density at radius 3 is 2.54 bits per heavy atom. The predicted octanol–water partition coefficient (Wildman–Crippen LogP) is 3.76. The molecule has 8 nitrogen and oxygen atoms in total. The van der Waals surface area contributed by atoms with Gasteiger partial charge in [-0.15, -0.1) is 0 Å². The van der Waals surface area contributed by atoms with Gasteiger partial charge in [0.05, 0.1) is 33.7 Å². The third kappa shape index (κ3) is 4.36. The first-order valence-electron chi connectivity index (χ1n) is 12.6. The second kappa shape index (κ2) is 9.09. The van der Waals surface area contributed by atoms with E-state index in [2.05, 4.69) is 26.3 Å². The molecule has 4 heterocycles. The number of rotatable bonds is 5. The quantitative estimate of drug-likeness (QED) is 0.621. The summed E-state index contributed by atoms with van der Waals surface area (Å²) in [7, 11) is -1.11. The number of halogens is 1. The summed E-state index contributed by atoms with van der Waals surface area (Å²) in [6.07, 6.45) is 14.2. The number of nitrogens with one attached hydrogen (secondary N) is 1. The summed E-state index contributed by atoms with van der Waals surface area (Å²) in [5.74, 6) is 2.81. The minimum absolute atomic E-state index is 0.0621. The van der Waals surface area contributed by atoms with Crippen LogP contribution in [0.25, 0.3) is 5.57 Å². The lowest BCUT2D eigenvalue weighted by Crippen LogP contribution is -2.57. The highest BCUT2D eigenvalue weighted by Gasteiger charge is 2.45. The Kier molecular flexibility index (Phi) is 6.05. The average Bonchev–Trinajstić information content (AvgIpc) is 3.01. The minimum Gasteiger partial charge on any atom is -0.394 e. The third-order valence-corrected chi connectivity index (χ3v) is 9.83. The Morgan fingerprint density at radius 1 is 1.09 bits per heavy atom. The summed E-state index contributed by atoms with van der Waals surface area (Å²) in [5, 5.41) is 14.1. The molecular formula is C25H31ClN6O2S. The van der Waals surface area contributed by atoms with Crippen LogP contribution in [-0.4, -0.2) is 60.2 Å². The third-order valence-electron chi connectivity index (χ3n) is 8.09. The van der Waals surface area contributed by atoms with E-state index in [1.807, 2.05) is 0 Å². The SMILES string of the molecule is O=[S@@]1CCCCc2nc(N3CC4(CC=C(c5ncc(Cl)cn5)CC4)C3)nc(NC3(CO)CCC3)c21. The van der Waals surface area contributed by atoms with Crippen molar-refractivity contribution in [3.05, 3.63) is 35.0 Å². The Labute approximate surface area is 213 Å². The fourth-order valence-corrected chi connectivity index (χ4v) is 7.23. The van der Waals surface area contributed by atoms with E-state index >= 15 is 0 Å². The molecule has 2 N–H and O–H groups in total. The van der Waals surface area contributed by atoms with E-state index < -0.39 is 10.8 Å². The first kappa shape index (κ1) is 23.3. The lowest BCUT2D eigenvalue weighted by atomic mass is 9.69. The van der Waals surface area contributed by atoms with E-state index in [1.54, 1.807) is 12.4 Å². The Bertz CT molecular complexity index is 1170. The monoisotopic (exact) mass is 514 g/mol. The van der Waals surface area contributed by atoms with Crippen molar-refractivity contribution in [1.82, 2.24) is 19.9 Å². The lowest BCUT2D eigenvalue weighted by Gasteiger charge is -2.52. The van der Waals surface area contributed by atoms with Crippen molar-refractivity contribution >= 4 is 39.7 Å². The van der Waals surface area contributed by atoms with Gasteiger partial charge >= 0.3 is 0 Å². The molecule has 6 rings (SSSR count). The minimum atomic E-state index is -1.11. The van der Waals surface area contributed by atoms with Crippen molar-refractivity contribution in [3.63, 3.8) is 0 Å². The number of aromatic nitrogens is 4. The molecule has 0 amide bonds. The number of aliphatic hydroxyl groups excluding tert-OH is 1. The van der Waals surface area contributed by atoms with E-state index in [4.69, 9.17) is 21.6 Å². The van der Waals surface area contributed by atoms with Crippen LogP contribution in [-0.2, 0) is 17.2 Å². The number of allylic oxidation sites excluding steroid dienone is 2. The second-order valence-corrected chi connectivity index (χ2v) is 12.5. The molecule has 2 aromatic rings. The Morgan fingerprint density at radius 2 is 1.89 bits per heavy atom. The zero-order valence-corrected chi connectivity index (χ0v) is 21.4. The van der Waals surface area contributed by atoms with Gasteiger partial charge in [0, 0.05) is 36.7 Å². The number of aliphatic hydroxyl groups is 1. The van der Waals surface area contributed by atoms with Crippen LogP contribution in [0, 0.1) is 5.41 Å². The molecule has 2 fully saturated rings. The highest BCUT2D eigenvalue weighted by molar-refractivity contribution is 7.85. The first-order valence-corrected chi connectivity index (χ1v) is 14.3. The van der Waals surface area contributed by atoms with Crippen LogP contribution in [0.4, 0.5) is 11.8 Å². The summed E-state index contributed by atoms with van der Waals surface area (Å²) in [5.41, 5.74) is 1.98. The summed E-state index contributed by atoms with van der Waals surface area (Å²) >= 11 is 5.93. The van der Waals surface area contributed by atoms with Gasteiger partial charge in [-0.05, 0) is 63.4 Å². The van der Waals surface area contributed by atoms with Crippen molar-refractivity contribution in [2.75, 3.05) is 35.7 Å². The van der Waals surface area contributed by atoms with E-state index in [0.29, 0.717) is 16.6 Å². The fourth-order valence-electron chi connectivity index (χ4n) is 5.74. The van der Waals surface area contributed by atoms with Crippen molar-refractivity contribution in [3.8, 4) is 0 Å². The predicted molar refractivity (Wildman–Crippen MR) is 137 cm³/mol. The van der Waals surface area contributed by atoms with Gasteiger partial charge in [0.15, 0.2) is 5.82 Å².